The van der Waals surface area contributed by atoms with Crippen LogP contribution in [0.1, 0.15) is 23.0 Å². The highest BCUT2D eigenvalue weighted by Crippen LogP contribution is 2.37. The molecule has 1 aliphatic heterocycles. The lowest BCUT2D eigenvalue weighted by Crippen LogP contribution is -2.08. The van der Waals surface area contributed by atoms with Crippen molar-refractivity contribution in [1.29, 1.82) is 0 Å². The smallest absolute Gasteiger partial charge is 0.0541 e. The molecular weight excluding hydrogens is 208 g/mol. The Morgan fingerprint density at radius 2 is 1.06 bits per heavy atom. The fourth-order valence-corrected chi connectivity index (χ4v) is 2.61. The summed E-state index contributed by atoms with van der Waals surface area (Å²) >= 11 is 0. The van der Waals surface area contributed by atoms with Crippen molar-refractivity contribution in [2.45, 2.75) is 11.8 Å². The molecule has 1 saturated heterocycles. The maximum Gasteiger partial charge on any atom is 0.0541 e. The van der Waals surface area contributed by atoms with Crippen LogP contribution >= 0.6 is 0 Å². The van der Waals surface area contributed by atoms with Crippen LogP contribution in [0.3, 0.4) is 0 Å². The van der Waals surface area contributed by atoms with Gasteiger partial charge in [-0.25, -0.2) is 0 Å². The molecule has 1 heteroatoms. The van der Waals surface area contributed by atoms with Crippen molar-refractivity contribution in [3.8, 4) is 0 Å². The van der Waals surface area contributed by atoms with Gasteiger partial charge in [0.05, 0.1) is 13.2 Å². The van der Waals surface area contributed by atoms with E-state index in [-0.39, 0.29) is 0 Å². The molecule has 0 radical (unpaired) electrons. The number of hydrogen-bond acceptors (Lipinski definition) is 1. The van der Waals surface area contributed by atoms with Crippen molar-refractivity contribution in [2.24, 2.45) is 0 Å². The molecule has 1 fully saturated rings. The lowest BCUT2D eigenvalue weighted by Gasteiger charge is -2.18. The molecule has 2 aromatic rings. The van der Waals surface area contributed by atoms with Gasteiger partial charge in [-0.2, -0.15) is 0 Å². The zero-order valence-electron chi connectivity index (χ0n) is 9.75. The minimum atomic E-state index is 0.499. The van der Waals surface area contributed by atoms with Gasteiger partial charge in [-0.3, -0.25) is 0 Å². The highest BCUT2D eigenvalue weighted by atomic mass is 16.5. The van der Waals surface area contributed by atoms with E-state index in [9.17, 15) is 0 Å². The molecule has 0 unspecified atom stereocenters. The van der Waals surface area contributed by atoms with Crippen LogP contribution in [0, 0.1) is 0 Å². The van der Waals surface area contributed by atoms with E-state index in [0.717, 1.165) is 13.2 Å². The normalized spacial score (nSPS) is 23.8. The Balaban J connectivity index is 1.91. The van der Waals surface area contributed by atoms with Gasteiger partial charge in [0.15, 0.2) is 0 Å². The van der Waals surface area contributed by atoms with Crippen molar-refractivity contribution >= 4 is 0 Å². The van der Waals surface area contributed by atoms with Crippen LogP contribution in [0.25, 0.3) is 0 Å². The van der Waals surface area contributed by atoms with Gasteiger partial charge >= 0.3 is 0 Å². The van der Waals surface area contributed by atoms with Crippen LogP contribution in [0.5, 0.6) is 0 Å². The lowest BCUT2D eigenvalue weighted by atomic mass is 9.84. The zero-order chi connectivity index (χ0) is 11.5. The maximum atomic E-state index is 5.68. The first kappa shape index (κ1) is 10.5. The van der Waals surface area contributed by atoms with Crippen LogP contribution in [0.15, 0.2) is 60.7 Å². The number of rotatable bonds is 2. The quantitative estimate of drug-likeness (QED) is 0.757. The molecule has 0 aliphatic carbocycles. The number of benzene rings is 2. The molecule has 0 spiro atoms. The summed E-state index contributed by atoms with van der Waals surface area (Å²) in [4.78, 5) is 0. The van der Waals surface area contributed by atoms with Crippen LogP contribution in [0.2, 0.25) is 0 Å². The standard InChI is InChI=1S/C16H16O/c1-3-7-13(8-4-1)15-11-17-12-16(15)14-9-5-2-6-10-14/h1-10,15-16H,11-12H2/t15-,16-/m1/s1. The Kier molecular flexibility index (Phi) is 2.93. The van der Waals surface area contributed by atoms with Crippen LogP contribution in [-0.2, 0) is 4.74 Å². The van der Waals surface area contributed by atoms with Crippen molar-refractivity contribution in [3.05, 3.63) is 71.8 Å². The van der Waals surface area contributed by atoms with E-state index in [1.165, 1.54) is 11.1 Å². The first-order valence-electron chi connectivity index (χ1n) is 6.13. The first-order valence-corrected chi connectivity index (χ1v) is 6.13. The van der Waals surface area contributed by atoms with E-state index >= 15 is 0 Å². The third-order valence-electron chi connectivity index (χ3n) is 3.54. The molecule has 0 amide bonds. The molecule has 0 bridgehead atoms. The van der Waals surface area contributed by atoms with Gasteiger partial charge in [-0.15, -0.1) is 0 Å². The fraction of sp³-hybridized carbons (Fsp3) is 0.250. The van der Waals surface area contributed by atoms with E-state index < -0.39 is 0 Å². The molecular formula is C16H16O. The number of hydrogen-bond donors (Lipinski definition) is 0. The Bertz CT molecular complexity index is 418. The van der Waals surface area contributed by atoms with Gasteiger partial charge in [-0.05, 0) is 11.1 Å². The first-order chi connectivity index (χ1) is 8.45. The fourth-order valence-electron chi connectivity index (χ4n) is 2.61. The second kappa shape index (κ2) is 4.72. The van der Waals surface area contributed by atoms with E-state index in [2.05, 4.69) is 60.7 Å². The van der Waals surface area contributed by atoms with E-state index in [0.29, 0.717) is 11.8 Å². The Labute approximate surface area is 102 Å². The summed E-state index contributed by atoms with van der Waals surface area (Å²) in [5, 5.41) is 0. The predicted octanol–water partition coefficient (Wildman–Crippen LogP) is 3.58. The zero-order valence-corrected chi connectivity index (χ0v) is 9.75. The van der Waals surface area contributed by atoms with Crippen molar-refractivity contribution in [2.75, 3.05) is 13.2 Å². The Morgan fingerprint density at radius 3 is 1.47 bits per heavy atom. The summed E-state index contributed by atoms with van der Waals surface area (Å²) in [5.41, 5.74) is 2.78. The molecule has 3 rings (SSSR count). The van der Waals surface area contributed by atoms with Crippen LogP contribution in [0.4, 0.5) is 0 Å². The molecule has 86 valence electrons. The van der Waals surface area contributed by atoms with Gasteiger partial charge in [-0.1, -0.05) is 60.7 Å². The average molecular weight is 224 g/mol. The average Bonchev–Trinajstić information content (AvgIpc) is 2.90. The van der Waals surface area contributed by atoms with Gasteiger partial charge in [0.2, 0.25) is 0 Å². The van der Waals surface area contributed by atoms with E-state index in [1.807, 2.05) is 0 Å². The summed E-state index contributed by atoms with van der Waals surface area (Å²) in [6.45, 7) is 1.67. The number of ether oxygens (including phenoxy) is 1. The third-order valence-corrected chi connectivity index (χ3v) is 3.54. The predicted molar refractivity (Wildman–Crippen MR) is 69.2 cm³/mol. The maximum absolute atomic E-state index is 5.68. The highest BCUT2D eigenvalue weighted by molar-refractivity contribution is 5.30. The SMILES string of the molecule is c1ccc([C@H]2COC[C@@H]2c2ccccc2)cc1. The van der Waals surface area contributed by atoms with Crippen LogP contribution in [-0.4, -0.2) is 13.2 Å². The van der Waals surface area contributed by atoms with E-state index in [1.54, 1.807) is 0 Å². The van der Waals surface area contributed by atoms with Crippen molar-refractivity contribution < 1.29 is 4.74 Å². The third kappa shape index (κ3) is 2.11. The monoisotopic (exact) mass is 224 g/mol. The van der Waals surface area contributed by atoms with Gasteiger partial charge < -0.3 is 4.74 Å². The Hall–Kier alpha value is -1.60. The topological polar surface area (TPSA) is 9.23 Å². The summed E-state index contributed by atoms with van der Waals surface area (Å²) in [6.07, 6.45) is 0. The van der Waals surface area contributed by atoms with Gasteiger partial charge in [0.1, 0.15) is 0 Å². The van der Waals surface area contributed by atoms with Crippen LogP contribution < -0.4 is 0 Å². The minimum Gasteiger partial charge on any atom is -0.380 e. The summed E-state index contributed by atoms with van der Waals surface area (Å²) in [7, 11) is 0. The van der Waals surface area contributed by atoms with Crippen molar-refractivity contribution in [1.82, 2.24) is 0 Å². The molecule has 0 saturated carbocycles. The summed E-state index contributed by atoms with van der Waals surface area (Å²) in [6, 6.07) is 21.4. The summed E-state index contributed by atoms with van der Waals surface area (Å²) in [5.74, 6) is 0.997. The molecule has 1 nitrogen and oxygen atoms in total. The second-order valence-electron chi connectivity index (χ2n) is 4.57. The largest absolute Gasteiger partial charge is 0.380 e. The van der Waals surface area contributed by atoms with Gasteiger partial charge in [0.25, 0.3) is 0 Å². The molecule has 1 heterocycles. The second-order valence-corrected chi connectivity index (χ2v) is 4.57. The summed E-state index contributed by atoms with van der Waals surface area (Å²) < 4.78 is 5.68. The lowest BCUT2D eigenvalue weighted by molar-refractivity contribution is 0.190. The molecule has 2 atom stereocenters. The van der Waals surface area contributed by atoms with Crippen molar-refractivity contribution in [3.63, 3.8) is 0 Å². The molecule has 2 aromatic carbocycles. The highest BCUT2D eigenvalue weighted by Gasteiger charge is 2.30. The minimum absolute atomic E-state index is 0.499. The van der Waals surface area contributed by atoms with E-state index in [4.69, 9.17) is 4.74 Å². The molecule has 17 heavy (non-hydrogen) atoms. The molecule has 1 aliphatic rings. The van der Waals surface area contributed by atoms with Gasteiger partial charge in [0, 0.05) is 11.8 Å². The molecule has 0 N–H and O–H groups in total. The molecule has 0 aromatic heterocycles. The Morgan fingerprint density at radius 1 is 0.647 bits per heavy atom.